The van der Waals surface area contributed by atoms with E-state index in [4.69, 9.17) is 9.47 Å². The van der Waals surface area contributed by atoms with Gasteiger partial charge in [-0.3, -0.25) is 9.59 Å². The number of ether oxygens (including phenoxy) is 2. The van der Waals surface area contributed by atoms with Gasteiger partial charge < -0.3 is 18.9 Å². The van der Waals surface area contributed by atoms with Gasteiger partial charge in [-0.15, -0.1) is 0 Å². The first-order chi connectivity index (χ1) is 13.7. The maximum Gasteiger partial charge on any atom is 0.251 e. The molecule has 29 heavy (non-hydrogen) atoms. The molecule has 0 N–H and O–H groups in total. The second-order valence-electron chi connectivity index (χ2n) is 6.71. The van der Waals surface area contributed by atoms with Gasteiger partial charge in [-0.25, -0.2) is 12.7 Å². The minimum Gasteiger partial charge on any atom is -0.454 e. The second-order valence-corrected chi connectivity index (χ2v) is 8.87. The number of carbonyl (C=O) groups is 1. The number of benzene rings is 1. The van der Waals surface area contributed by atoms with E-state index in [1.54, 1.807) is 11.0 Å². The van der Waals surface area contributed by atoms with Gasteiger partial charge in [0, 0.05) is 39.4 Å². The van der Waals surface area contributed by atoms with E-state index >= 15 is 0 Å². The molecular formula is C19H23N3O6S. The van der Waals surface area contributed by atoms with Crippen LogP contribution in [0.1, 0.15) is 12.5 Å². The fraction of sp³-hybridized carbons (Fsp3) is 0.368. The SMILES string of the molecule is CCN(Cc1ccc2c(c1)OCO2)C(=O)Cn1cc(S(=O)(=O)N(C)C)ccc1=O. The Labute approximate surface area is 169 Å². The van der Waals surface area contributed by atoms with Gasteiger partial charge in [0.1, 0.15) is 6.54 Å². The van der Waals surface area contributed by atoms with Crippen LogP contribution in [0, 0.1) is 0 Å². The summed E-state index contributed by atoms with van der Waals surface area (Å²) in [7, 11) is -0.903. The summed E-state index contributed by atoms with van der Waals surface area (Å²) in [4.78, 5) is 26.5. The topological polar surface area (TPSA) is 98.2 Å². The molecule has 0 saturated heterocycles. The third-order valence-corrected chi connectivity index (χ3v) is 6.38. The van der Waals surface area contributed by atoms with Gasteiger partial charge in [0.15, 0.2) is 11.5 Å². The molecule has 10 heteroatoms. The quantitative estimate of drug-likeness (QED) is 0.658. The normalized spacial score (nSPS) is 13.0. The van der Waals surface area contributed by atoms with Crippen LogP contribution in [0.3, 0.4) is 0 Å². The van der Waals surface area contributed by atoms with Crippen LogP contribution < -0.4 is 15.0 Å². The fourth-order valence-electron chi connectivity index (χ4n) is 2.88. The van der Waals surface area contributed by atoms with Crippen molar-refractivity contribution in [3.63, 3.8) is 0 Å². The van der Waals surface area contributed by atoms with E-state index in [0.29, 0.717) is 24.6 Å². The second kappa shape index (κ2) is 8.26. The summed E-state index contributed by atoms with van der Waals surface area (Å²) in [6.07, 6.45) is 1.20. The zero-order valence-corrected chi connectivity index (χ0v) is 17.3. The summed E-state index contributed by atoms with van der Waals surface area (Å²) in [5.41, 5.74) is 0.413. The highest BCUT2D eigenvalue weighted by Gasteiger charge is 2.20. The van der Waals surface area contributed by atoms with Crippen molar-refractivity contribution < 1.29 is 22.7 Å². The fourth-order valence-corrected chi connectivity index (χ4v) is 3.80. The molecule has 156 valence electrons. The van der Waals surface area contributed by atoms with Crippen LogP contribution in [0.2, 0.25) is 0 Å². The Morgan fingerprint density at radius 1 is 1.14 bits per heavy atom. The van der Waals surface area contributed by atoms with Crippen LogP contribution in [-0.4, -0.2) is 55.5 Å². The van der Waals surface area contributed by atoms with Gasteiger partial charge in [-0.2, -0.15) is 0 Å². The van der Waals surface area contributed by atoms with Crippen molar-refractivity contribution in [3.05, 3.63) is 52.4 Å². The number of hydrogen-bond donors (Lipinski definition) is 0. The minimum absolute atomic E-state index is 0.0475. The van der Waals surface area contributed by atoms with E-state index in [1.165, 1.54) is 26.4 Å². The zero-order chi connectivity index (χ0) is 21.2. The zero-order valence-electron chi connectivity index (χ0n) is 16.5. The number of fused-ring (bicyclic) bond motifs is 1. The Hall–Kier alpha value is -2.85. The summed E-state index contributed by atoms with van der Waals surface area (Å²) in [6.45, 7) is 2.51. The maximum atomic E-state index is 12.8. The summed E-state index contributed by atoms with van der Waals surface area (Å²) in [5, 5.41) is 0. The van der Waals surface area contributed by atoms with Crippen LogP contribution >= 0.6 is 0 Å². The van der Waals surface area contributed by atoms with Crippen molar-refractivity contribution in [1.29, 1.82) is 0 Å². The highest BCUT2D eigenvalue weighted by atomic mass is 32.2. The van der Waals surface area contributed by atoms with Crippen molar-refractivity contribution in [2.75, 3.05) is 27.4 Å². The largest absolute Gasteiger partial charge is 0.454 e. The van der Waals surface area contributed by atoms with Gasteiger partial charge in [0.05, 0.1) is 4.90 Å². The van der Waals surface area contributed by atoms with E-state index in [-0.39, 0.29) is 24.1 Å². The van der Waals surface area contributed by atoms with Crippen LogP contribution in [0.4, 0.5) is 0 Å². The molecule has 2 aromatic rings. The van der Waals surface area contributed by atoms with Crippen LogP contribution in [0.25, 0.3) is 0 Å². The molecule has 1 amide bonds. The molecule has 1 aromatic carbocycles. The predicted octanol–water partition coefficient (Wildman–Crippen LogP) is 0.876. The molecule has 0 fully saturated rings. The van der Waals surface area contributed by atoms with E-state index < -0.39 is 15.6 Å². The van der Waals surface area contributed by atoms with Gasteiger partial charge >= 0.3 is 0 Å². The minimum atomic E-state index is -3.71. The van der Waals surface area contributed by atoms with E-state index in [0.717, 1.165) is 20.5 Å². The Morgan fingerprint density at radius 2 is 1.86 bits per heavy atom. The lowest BCUT2D eigenvalue weighted by Gasteiger charge is -2.22. The molecule has 2 heterocycles. The molecule has 0 aliphatic carbocycles. The van der Waals surface area contributed by atoms with Gasteiger partial charge in [-0.05, 0) is 30.7 Å². The molecule has 0 radical (unpaired) electrons. The molecule has 3 rings (SSSR count). The number of nitrogens with zero attached hydrogens (tertiary/aromatic N) is 3. The Kier molecular flexibility index (Phi) is 5.94. The van der Waals surface area contributed by atoms with Crippen molar-refractivity contribution >= 4 is 15.9 Å². The lowest BCUT2D eigenvalue weighted by molar-refractivity contribution is -0.132. The Bertz CT molecular complexity index is 1080. The smallest absolute Gasteiger partial charge is 0.251 e. The number of rotatable bonds is 7. The van der Waals surface area contributed by atoms with Crippen LogP contribution in [0.5, 0.6) is 11.5 Å². The first-order valence-electron chi connectivity index (χ1n) is 9.01. The highest BCUT2D eigenvalue weighted by Crippen LogP contribution is 2.32. The monoisotopic (exact) mass is 421 g/mol. The lowest BCUT2D eigenvalue weighted by Crippen LogP contribution is -2.36. The number of sulfonamides is 1. The first kappa shape index (κ1) is 20.9. The molecule has 0 saturated carbocycles. The summed E-state index contributed by atoms with van der Waals surface area (Å²) < 4.78 is 37.4. The van der Waals surface area contributed by atoms with Crippen molar-refractivity contribution in [2.24, 2.45) is 0 Å². The molecule has 0 atom stereocenters. The van der Waals surface area contributed by atoms with Crippen LogP contribution in [0.15, 0.2) is 46.2 Å². The molecule has 0 spiro atoms. The van der Waals surface area contributed by atoms with E-state index in [9.17, 15) is 18.0 Å². The Balaban J connectivity index is 1.78. The predicted molar refractivity (Wildman–Crippen MR) is 105 cm³/mol. The molecule has 1 aromatic heterocycles. The van der Waals surface area contributed by atoms with Gasteiger partial charge in [0.25, 0.3) is 5.56 Å². The van der Waals surface area contributed by atoms with Crippen LogP contribution in [-0.2, 0) is 27.9 Å². The van der Waals surface area contributed by atoms with Crippen molar-refractivity contribution in [1.82, 2.24) is 13.8 Å². The highest BCUT2D eigenvalue weighted by molar-refractivity contribution is 7.89. The Morgan fingerprint density at radius 3 is 2.55 bits per heavy atom. The summed E-state index contributed by atoms with van der Waals surface area (Å²) in [5.74, 6) is 0.990. The number of likely N-dealkylation sites (N-methyl/N-ethyl adjacent to an activating group) is 1. The number of amides is 1. The third kappa shape index (κ3) is 4.43. The maximum absolute atomic E-state index is 12.8. The molecule has 1 aliphatic rings. The number of carbonyl (C=O) groups excluding carboxylic acids is 1. The standard InChI is InChI=1S/C19H23N3O6S/c1-4-21(10-14-5-7-16-17(9-14)28-13-27-16)19(24)12-22-11-15(6-8-18(22)23)29(25,26)20(2)3/h5-9,11H,4,10,12-13H2,1-3H3. The summed E-state index contributed by atoms with van der Waals surface area (Å²) >= 11 is 0. The van der Waals surface area contributed by atoms with Gasteiger partial charge in [-0.1, -0.05) is 6.07 Å². The molecule has 0 bridgehead atoms. The van der Waals surface area contributed by atoms with E-state index in [1.807, 2.05) is 19.1 Å². The number of pyridine rings is 1. The summed E-state index contributed by atoms with van der Waals surface area (Å²) in [6, 6.07) is 7.84. The molecule has 9 nitrogen and oxygen atoms in total. The van der Waals surface area contributed by atoms with Gasteiger partial charge in [0.2, 0.25) is 22.7 Å². The number of hydrogen-bond acceptors (Lipinski definition) is 6. The third-order valence-electron chi connectivity index (χ3n) is 4.59. The number of aromatic nitrogens is 1. The molecular weight excluding hydrogens is 398 g/mol. The van der Waals surface area contributed by atoms with Crippen molar-refractivity contribution in [2.45, 2.75) is 24.9 Å². The average molecular weight is 421 g/mol. The average Bonchev–Trinajstić information content (AvgIpc) is 3.15. The van der Waals surface area contributed by atoms with E-state index in [2.05, 4.69) is 0 Å². The molecule has 1 aliphatic heterocycles. The lowest BCUT2D eigenvalue weighted by atomic mass is 10.2. The molecule has 0 unspecified atom stereocenters. The first-order valence-corrected chi connectivity index (χ1v) is 10.5. The van der Waals surface area contributed by atoms with Crippen molar-refractivity contribution in [3.8, 4) is 11.5 Å².